The summed E-state index contributed by atoms with van der Waals surface area (Å²) >= 11 is 0. The van der Waals surface area contributed by atoms with Crippen LogP contribution in [0.1, 0.15) is 24.8 Å². The van der Waals surface area contributed by atoms with Crippen molar-refractivity contribution in [1.82, 2.24) is 14.7 Å². The highest BCUT2D eigenvalue weighted by molar-refractivity contribution is 6.06. The van der Waals surface area contributed by atoms with E-state index in [9.17, 15) is 19.1 Å². The third-order valence-electron chi connectivity index (χ3n) is 6.95. The Hall–Kier alpha value is -1.87. The predicted molar refractivity (Wildman–Crippen MR) is 101 cm³/mol. The Bertz CT molecular complexity index is 822. The number of likely N-dealkylation sites (tertiary alicyclic amines) is 1. The highest BCUT2D eigenvalue weighted by atomic mass is 19.1. The first-order valence-corrected chi connectivity index (χ1v) is 10.4. The van der Waals surface area contributed by atoms with Gasteiger partial charge < -0.3 is 9.84 Å². The lowest BCUT2D eigenvalue weighted by atomic mass is 9.80. The normalized spacial score (nSPS) is 30.6. The Morgan fingerprint density at radius 1 is 1.17 bits per heavy atom. The molecule has 1 N–H and O–H groups in total. The molecule has 5 rings (SSSR count). The van der Waals surface area contributed by atoms with Gasteiger partial charge in [0, 0.05) is 44.5 Å². The largest absolute Gasteiger partial charge is 0.392 e. The number of imide groups is 1. The minimum Gasteiger partial charge on any atom is -0.392 e. The number of benzene rings is 1. The van der Waals surface area contributed by atoms with Gasteiger partial charge in [0.15, 0.2) is 0 Å². The molecule has 4 aliphatic heterocycles. The Labute approximate surface area is 169 Å². The molecule has 0 radical (unpaired) electrons. The van der Waals surface area contributed by atoms with Gasteiger partial charge in [-0.1, -0.05) is 18.2 Å². The number of halogens is 1. The van der Waals surface area contributed by atoms with Gasteiger partial charge in [0.2, 0.25) is 5.91 Å². The number of aliphatic hydroxyl groups excluding tert-OH is 1. The molecule has 4 heterocycles. The summed E-state index contributed by atoms with van der Waals surface area (Å²) in [5.41, 5.74) is -0.475. The van der Waals surface area contributed by atoms with Crippen LogP contribution in [0, 0.1) is 5.82 Å². The van der Waals surface area contributed by atoms with Crippen molar-refractivity contribution in [3.63, 3.8) is 0 Å². The van der Waals surface area contributed by atoms with Crippen molar-refractivity contribution in [3.05, 3.63) is 35.6 Å². The molecule has 0 bridgehead atoms. The van der Waals surface area contributed by atoms with E-state index in [-0.39, 0.29) is 18.4 Å². The predicted octanol–water partition coefficient (Wildman–Crippen LogP) is 0.363. The average Bonchev–Trinajstić information content (AvgIpc) is 3.08. The van der Waals surface area contributed by atoms with E-state index < -0.39 is 23.5 Å². The maximum Gasteiger partial charge on any atom is 0.252 e. The molecule has 8 heteroatoms. The fourth-order valence-electron chi connectivity index (χ4n) is 5.37. The van der Waals surface area contributed by atoms with E-state index in [1.165, 1.54) is 11.0 Å². The molecule has 4 fully saturated rings. The SMILES string of the molecule is O=C1C2CC(O)CN2C2(CN(C3CCOCC3)C2)C(=O)N1Cc1ccccc1F. The molecule has 0 aliphatic carbocycles. The van der Waals surface area contributed by atoms with Gasteiger partial charge in [-0.15, -0.1) is 0 Å². The van der Waals surface area contributed by atoms with Gasteiger partial charge in [0.1, 0.15) is 11.4 Å². The summed E-state index contributed by atoms with van der Waals surface area (Å²) in [6.45, 7) is 2.80. The third-order valence-corrected chi connectivity index (χ3v) is 6.95. The zero-order valence-electron chi connectivity index (χ0n) is 16.3. The Morgan fingerprint density at radius 3 is 2.62 bits per heavy atom. The van der Waals surface area contributed by atoms with Crippen LogP contribution in [0.5, 0.6) is 0 Å². The molecular weight excluding hydrogens is 377 g/mol. The average molecular weight is 403 g/mol. The van der Waals surface area contributed by atoms with Gasteiger partial charge in [-0.25, -0.2) is 4.39 Å². The molecule has 1 spiro atoms. The highest BCUT2D eigenvalue weighted by Gasteiger charge is 2.64. The Kier molecular flexibility index (Phi) is 4.70. The first-order valence-electron chi connectivity index (χ1n) is 10.4. The van der Waals surface area contributed by atoms with E-state index in [4.69, 9.17) is 4.74 Å². The van der Waals surface area contributed by atoms with E-state index in [0.29, 0.717) is 37.7 Å². The lowest BCUT2D eigenvalue weighted by Gasteiger charge is -2.60. The number of nitrogens with zero attached hydrogens (tertiary/aromatic N) is 3. The quantitative estimate of drug-likeness (QED) is 0.735. The maximum atomic E-state index is 14.2. The number of carbonyl (C=O) groups excluding carboxylic acids is 2. The minimum absolute atomic E-state index is 0.0657. The number of hydrogen-bond donors (Lipinski definition) is 1. The molecule has 1 aromatic carbocycles. The van der Waals surface area contributed by atoms with E-state index in [0.717, 1.165) is 26.1 Å². The third kappa shape index (κ3) is 3.01. The van der Waals surface area contributed by atoms with Gasteiger partial charge >= 0.3 is 0 Å². The van der Waals surface area contributed by atoms with Crippen LogP contribution < -0.4 is 0 Å². The monoisotopic (exact) mass is 403 g/mol. The van der Waals surface area contributed by atoms with Crippen LogP contribution in [0.3, 0.4) is 0 Å². The second-order valence-corrected chi connectivity index (χ2v) is 8.66. The topological polar surface area (TPSA) is 73.3 Å². The molecule has 4 saturated heterocycles. The number of amides is 2. The van der Waals surface area contributed by atoms with E-state index in [1.807, 2.05) is 4.90 Å². The lowest BCUT2D eigenvalue weighted by molar-refractivity contribution is -0.184. The van der Waals surface area contributed by atoms with Crippen LogP contribution in [-0.2, 0) is 20.9 Å². The second-order valence-electron chi connectivity index (χ2n) is 8.66. The van der Waals surface area contributed by atoms with Gasteiger partial charge in [-0.05, 0) is 25.3 Å². The van der Waals surface area contributed by atoms with E-state index >= 15 is 0 Å². The smallest absolute Gasteiger partial charge is 0.252 e. The van der Waals surface area contributed by atoms with Gasteiger partial charge in [-0.2, -0.15) is 0 Å². The first-order chi connectivity index (χ1) is 14.0. The molecule has 0 saturated carbocycles. The van der Waals surface area contributed by atoms with E-state index in [1.54, 1.807) is 18.2 Å². The summed E-state index contributed by atoms with van der Waals surface area (Å²) < 4.78 is 19.6. The van der Waals surface area contributed by atoms with E-state index in [2.05, 4.69) is 4.90 Å². The molecule has 2 unspecified atom stereocenters. The number of rotatable bonds is 3. The van der Waals surface area contributed by atoms with Crippen molar-refractivity contribution in [1.29, 1.82) is 0 Å². The maximum absolute atomic E-state index is 14.2. The zero-order chi connectivity index (χ0) is 20.2. The number of β-amino-alcohol motifs (C(OH)–C–C–N with tert-alkyl or cyclic N) is 1. The Morgan fingerprint density at radius 2 is 1.90 bits per heavy atom. The second kappa shape index (κ2) is 7.12. The molecule has 1 aromatic rings. The Balaban J connectivity index is 1.42. The van der Waals surface area contributed by atoms with Crippen molar-refractivity contribution < 1.29 is 23.8 Å². The summed E-state index contributed by atoms with van der Waals surface area (Å²) in [5.74, 6) is -1.02. The van der Waals surface area contributed by atoms with Crippen LogP contribution in [0.2, 0.25) is 0 Å². The summed E-state index contributed by atoms with van der Waals surface area (Å²) in [5, 5.41) is 10.2. The molecule has 7 nitrogen and oxygen atoms in total. The summed E-state index contributed by atoms with van der Waals surface area (Å²) in [6, 6.07) is 6.10. The molecular formula is C21H26FN3O4. The number of aliphatic hydroxyl groups is 1. The van der Waals surface area contributed by atoms with Crippen molar-refractivity contribution in [2.24, 2.45) is 0 Å². The van der Waals surface area contributed by atoms with Crippen molar-refractivity contribution in [2.75, 3.05) is 32.8 Å². The standard InChI is InChI=1S/C21H26FN3O4/c22-17-4-2-1-3-14(17)10-24-19(27)18-9-16(26)11-25(18)21(20(24)28)12-23(13-21)15-5-7-29-8-6-15/h1-4,15-16,18,26H,5-13H2. The highest BCUT2D eigenvalue weighted by Crippen LogP contribution is 2.42. The molecule has 2 amide bonds. The molecule has 29 heavy (non-hydrogen) atoms. The number of ether oxygens (including phenoxy) is 1. The van der Waals surface area contributed by atoms with Gasteiger partial charge in [0.05, 0.1) is 18.7 Å². The summed E-state index contributed by atoms with van der Waals surface area (Å²) in [7, 11) is 0. The molecule has 156 valence electrons. The fraction of sp³-hybridized carbons (Fsp3) is 0.619. The van der Waals surface area contributed by atoms with Crippen LogP contribution in [0.4, 0.5) is 4.39 Å². The zero-order valence-corrected chi connectivity index (χ0v) is 16.3. The van der Waals surface area contributed by atoms with Crippen LogP contribution >= 0.6 is 0 Å². The number of carbonyl (C=O) groups is 2. The van der Waals surface area contributed by atoms with Crippen molar-refractivity contribution >= 4 is 11.8 Å². The minimum atomic E-state index is -0.806. The summed E-state index contributed by atoms with van der Waals surface area (Å²) in [4.78, 5) is 32.1. The first kappa shape index (κ1) is 19.1. The van der Waals surface area contributed by atoms with Crippen molar-refractivity contribution in [3.8, 4) is 0 Å². The number of piperazine rings is 1. The van der Waals surface area contributed by atoms with Crippen LogP contribution in [0.25, 0.3) is 0 Å². The molecule has 2 atom stereocenters. The number of hydrogen-bond acceptors (Lipinski definition) is 6. The van der Waals surface area contributed by atoms with Gasteiger partial charge in [-0.3, -0.25) is 24.3 Å². The fourth-order valence-corrected chi connectivity index (χ4v) is 5.37. The van der Waals surface area contributed by atoms with Crippen molar-refractivity contribution in [2.45, 2.75) is 49.5 Å². The number of fused-ring (bicyclic) bond motifs is 2. The lowest BCUT2D eigenvalue weighted by Crippen LogP contribution is -2.82. The molecule has 4 aliphatic rings. The van der Waals surface area contributed by atoms with Gasteiger partial charge in [0.25, 0.3) is 5.91 Å². The molecule has 0 aromatic heterocycles. The van der Waals surface area contributed by atoms with Crippen LogP contribution in [0.15, 0.2) is 24.3 Å². The summed E-state index contributed by atoms with van der Waals surface area (Å²) in [6.07, 6.45) is 1.57. The van der Waals surface area contributed by atoms with Crippen LogP contribution in [-0.4, -0.2) is 88.2 Å².